The van der Waals surface area contributed by atoms with E-state index >= 15 is 0 Å². The molecule has 0 aliphatic carbocycles. The van der Waals surface area contributed by atoms with Crippen molar-refractivity contribution < 1.29 is 9.53 Å². The van der Waals surface area contributed by atoms with Gasteiger partial charge < -0.3 is 15.4 Å². The van der Waals surface area contributed by atoms with Crippen molar-refractivity contribution in [2.24, 2.45) is 0 Å². The van der Waals surface area contributed by atoms with Gasteiger partial charge in [-0.15, -0.1) is 0 Å². The largest absolute Gasteiger partial charge is 0.376 e. The van der Waals surface area contributed by atoms with E-state index in [1.54, 1.807) is 0 Å². The van der Waals surface area contributed by atoms with Crippen LogP contribution in [0.25, 0.3) is 0 Å². The first-order valence-corrected chi connectivity index (χ1v) is 8.12. The number of hydrogen-bond donors (Lipinski definition) is 2. The SMILES string of the molecule is Cc1cccc(C(=O)NCCOC2CCNCC2)c1I. The van der Waals surface area contributed by atoms with Crippen LogP contribution in [0.2, 0.25) is 0 Å². The highest BCUT2D eigenvalue weighted by atomic mass is 127. The van der Waals surface area contributed by atoms with Crippen LogP contribution in [0.3, 0.4) is 0 Å². The third-order valence-electron chi connectivity index (χ3n) is 3.46. The lowest BCUT2D eigenvalue weighted by Crippen LogP contribution is -2.35. The summed E-state index contributed by atoms with van der Waals surface area (Å²) in [4.78, 5) is 12.1. The lowest BCUT2D eigenvalue weighted by Gasteiger charge is -2.23. The van der Waals surface area contributed by atoms with E-state index in [0.717, 1.165) is 40.6 Å². The molecule has 1 aliphatic heterocycles. The normalized spacial score (nSPS) is 16.1. The van der Waals surface area contributed by atoms with Crippen molar-refractivity contribution in [2.45, 2.75) is 25.9 Å². The smallest absolute Gasteiger partial charge is 0.252 e. The molecule has 1 aromatic rings. The van der Waals surface area contributed by atoms with Gasteiger partial charge >= 0.3 is 0 Å². The summed E-state index contributed by atoms with van der Waals surface area (Å²) in [7, 11) is 0. The molecule has 1 saturated heterocycles. The Morgan fingerprint density at radius 3 is 2.95 bits per heavy atom. The zero-order chi connectivity index (χ0) is 14.4. The van der Waals surface area contributed by atoms with Crippen LogP contribution in [0.5, 0.6) is 0 Å². The maximum absolute atomic E-state index is 12.1. The molecular weight excluding hydrogens is 367 g/mol. The summed E-state index contributed by atoms with van der Waals surface area (Å²) in [6.45, 7) is 5.21. The molecule has 110 valence electrons. The van der Waals surface area contributed by atoms with E-state index in [-0.39, 0.29) is 5.91 Å². The molecule has 0 unspecified atom stereocenters. The molecule has 0 bridgehead atoms. The van der Waals surface area contributed by atoms with Crippen LogP contribution in [0.15, 0.2) is 18.2 Å². The molecule has 0 aromatic heterocycles. The first-order chi connectivity index (χ1) is 9.68. The fourth-order valence-corrected chi connectivity index (χ4v) is 2.87. The highest BCUT2D eigenvalue weighted by Crippen LogP contribution is 2.16. The summed E-state index contributed by atoms with van der Waals surface area (Å²) in [6.07, 6.45) is 2.46. The molecule has 0 radical (unpaired) electrons. The predicted molar refractivity (Wildman–Crippen MR) is 88.1 cm³/mol. The van der Waals surface area contributed by atoms with Gasteiger partial charge in [0, 0.05) is 10.1 Å². The van der Waals surface area contributed by atoms with Crippen LogP contribution < -0.4 is 10.6 Å². The van der Waals surface area contributed by atoms with Crippen molar-refractivity contribution in [3.8, 4) is 0 Å². The average Bonchev–Trinajstić information content (AvgIpc) is 2.47. The number of ether oxygens (including phenoxy) is 1. The Labute approximate surface area is 133 Å². The molecule has 2 N–H and O–H groups in total. The van der Waals surface area contributed by atoms with Gasteiger partial charge in [-0.3, -0.25) is 4.79 Å². The van der Waals surface area contributed by atoms with Crippen molar-refractivity contribution in [3.63, 3.8) is 0 Å². The minimum Gasteiger partial charge on any atom is -0.376 e. The number of amides is 1. The van der Waals surface area contributed by atoms with E-state index in [9.17, 15) is 4.79 Å². The standard InChI is InChI=1S/C15H21IN2O2/c1-11-3-2-4-13(14(11)16)15(19)18-9-10-20-12-5-7-17-8-6-12/h2-4,12,17H,5-10H2,1H3,(H,18,19). The van der Waals surface area contributed by atoms with Gasteiger partial charge in [-0.1, -0.05) is 12.1 Å². The summed E-state index contributed by atoms with van der Waals surface area (Å²) >= 11 is 2.22. The second-order valence-corrected chi connectivity index (χ2v) is 6.09. The van der Waals surface area contributed by atoms with Crippen LogP contribution in [0.4, 0.5) is 0 Å². The lowest BCUT2D eigenvalue weighted by molar-refractivity contribution is 0.0343. The predicted octanol–water partition coefficient (Wildman–Crippen LogP) is 2.10. The van der Waals surface area contributed by atoms with Gasteiger partial charge in [-0.25, -0.2) is 0 Å². The van der Waals surface area contributed by atoms with E-state index < -0.39 is 0 Å². The number of aryl methyl sites for hydroxylation is 1. The Morgan fingerprint density at radius 2 is 2.20 bits per heavy atom. The summed E-state index contributed by atoms with van der Waals surface area (Å²) in [5.74, 6) is -0.0213. The fourth-order valence-electron chi connectivity index (χ4n) is 2.27. The van der Waals surface area contributed by atoms with E-state index in [1.165, 1.54) is 0 Å². The number of benzene rings is 1. The minimum absolute atomic E-state index is 0.0213. The molecule has 20 heavy (non-hydrogen) atoms. The van der Waals surface area contributed by atoms with Crippen LogP contribution in [0.1, 0.15) is 28.8 Å². The molecule has 1 aliphatic rings. The number of nitrogens with one attached hydrogen (secondary N) is 2. The van der Waals surface area contributed by atoms with Crippen LogP contribution in [-0.2, 0) is 4.74 Å². The van der Waals surface area contributed by atoms with E-state index in [1.807, 2.05) is 25.1 Å². The van der Waals surface area contributed by atoms with Crippen molar-refractivity contribution in [3.05, 3.63) is 32.9 Å². The molecular formula is C15H21IN2O2. The first-order valence-electron chi connectivity index (χ1n) is 7.04. The quantitative estimate of drug-likeness (QED) is 0.600. The average molecular weight is 388 g/mol. The fraction of sp³-hybridized carbons (Fsp3) is 0.533. The molecule has 1 heterocycles. The highest BCUT2D eigenvalue weighted by molar-refractivity contribution is 14.1. The van der Waals surface area contributed by atoms with Gasteiger partial charge in [0.05, 0.1) is 18.3 Å². The van der Waals surface area contributed by atoms with Gasteiger partial charge in [0.15, 0.2) is 0 Å². The summed E-state index contributed by atoms with van der Waals surface area (Å²) in [5.41, 5.74) is 1.87. The third kappa shape index (κ3) is 4.43. The van der Waals surface area contributed by atoms with Crippen molar-refractivity contribution in [1.29, 1.82) is 0 Å². The van der Waals surface area contributed by atoms with E-state index in [2.05, 4.69) is 33.2 Å². The maximum atomic E-state index is 12.1. The first kappa shape index (κ1) is 15.7. The van der Waals surface area contributed by atoms with Crippen molar-refractivity contribution >= 4 is 28.5 Å². The summed E-state index contributed by atoms with van der Waals surface area (Å²) < 4.78 is 6.78. The Balaban J connectivity index is 1.73. The van der Waals surface area contributed by atoms with Gasteiger partial charge in [-0.2, -0.15) is 0 Å². The summed E-state index contributed by atoms with van der Waals surface area (Å²) in [5, 5.41) is 6.23. The van der Waals surface area contributed by atoms with Gasteiger partial charge in [0.1, 0.15) is 0 Å². The van der Waals surface area contributed by atoms with Crippen LogP contribution in [0, 0.1) is 10.5 Å². The molecule has 1 aromatic carbocycles. The van der Waals surface area contributed by atoms with Crippen molar-refractivity contribution in [2.75, 3.05) is 26.2 Å². The lowest BCUT2D eigenvalue weighted by atomic mass is 10.1. The van der Waals surface area contributed by atoms with E-state index in [0.29, 0.717) is 19.3 Å². The number of halogens is 1. The van der Waals surface area contributed by atoms with Crippen LogP contribution >= 0.6 is 22.6 Å². The third-order valence-corrected chi connectivity index (χ3v) is 4.90. The topological polar surface area (TPSA) is 50.4 Å². The number of piperidine rings is 1. The molecule has 2 rings (SSSR count). The second kappa shape index (κ2) is 7.95. The highest BCUT2D eigenvalue weighted by Gasteiger charge is 2.14. The monoisotopic (exact) mass is 388 g/mol. The molecule has 0 spiro atoms. The molecule has 0 atom stereocenters. The van der Waals surface area contributed by atoms with E-state index in [4.69, 9.17) is 4.74 Å². The Morgan fingerprint density at radius 1 is 1.45 bits per heavy atom. The number of hydrogen-bond acceptors (Lipinski definition) is 3. The Bertz CT molecular complexity index is 459. The zero-order valence-corrected chi connectivity index (χ0v) is 13.9. The molecule has 5 heteroatoms. The number of carbonyl (C=O) groups excluding carboxylic acids is 1. The summed E-state index contributed by atoms with van der Waals surface area (Å²) in [6, 6.07) is 5.79. The number of rotatable bonds is 5. The van der Waals surface area contributed by atoms with Crippen molar-refractivity contribution in [1.82, 2.24) is 10.6 Å². The molecule has 1 fully saturated rings. The Kier molecular flexibility index (Phi) is 6.25. The second-order valence-electron chi connectivity index (χ2n) is 5.01. The van der Waals surface area contributed by atoms with Gasteiger partial charge in [0.2, 0.25) is 0 Å². The molecule has 4 nitrogen and oxygen atoms in total. The van der Waals surface area contributed by atoms with Gasteiger partial charge in [0.25, 0.3) is 5.91 Å². The Hall–Kier alpha value is -0.660. The minimum atomic E-state index is -0.0213. The van der Waals surface area contributed by atoms with Crippen LogP contribution in [-0.4, -0.2) is 38.3 Å². The molecule has 1 amide bonds. The maximum Gasteiger partial charge on any atom is 0.252 e. The number of carbonyl (C=O) groups is 1. The molecule has 0 saturated carbocycles. The zero-order valence-electron chi connectivity index (χ0n) is 11.7. The van der Waals surface area contributed by atoms with Gasteiger partial charge in [-0.05, 0) is 67.1 Å².